The molecule has 1 unspecified atom stereocenters. The normalized spacial score (nSPS) is 22.3. The third-order valence-electron chi connectivity index (χ3n) is 5.93. The first-order chi connectivity index (χ1) is 8.71. The Hall–Kier alpha value is -0.820. The fourth-order valence-corrected chi connectivity index (χ4v) is 3.82. The summed E-state index contributed by atoms with van der Waals surface area (Å²) in [7, 11) is 2.11. The van der Waals surface area contributed by atoms with Crippen LogP contribution < -0.4 is 5.32 Å². The monoisotopic (exact) mass is 259 g/mol. The van der Waals surface area contributed by atoms with Crippen molar-refractivity contribution in [2.45, 2.75) is 54.0 Å². The largest absolute Gasteiger partial charge is 0.316 e. The van der Waals surface area contributed by atoms with E-state index in [2.05, 4.69) is 72.1 Å². The second kappa shape index (κ2) is 4.63. The Balaban J connectivity index is 2.15. The second-order valence-corrected chi connectivity index (χ2v) is 7.44. The Morgan fingerprint density at radius 3 is 2.05 bits per heavy atom. The molecular weight excluding hydrogens is 230 g/mol. The van der Waals surface area contributed by atoms with Gasteiger partial charge in [-0.15, -0.1) is 0 Å². The molecule has 0 aliphatic heterocycles. The summed E-state index contributed by atoms with van der Waals surface area (Å²) in [6, 6.07) is 7.46. The molecule has 0 spiro atoms. The molecule has 1 atom stereocenters. The minimum Gasteiger partial charge on any atom is -0.316 e. The molecule has 1 N–H and O–H groups in total. The fourth-order valence-electron chi connectivity index (χ4n) is 3.82. The first-order valence-corrected chi connectivity index (χ1v) is 7.45. The molecular formula is C18H29N. The van der Waals surface area contributed by atoms with Crippen LogP contribution in [0.15, 0.2) is 18.2 Å². The minimum atomic E-state index is 0.445. The molecule has 1 heteroatoms. The number of hydrogen-bond acceptors (Lipinski definition) is 1. The first-order valence-electron chi connectivity index (χ1n) is 7.45. The van der Waals surface area contributed by atoms with Crippen LogP contribution in [-0.2, 0) is 6.42 Å². The topological polar surface area (TPSA) is 12.0 Å². The lowest BCUT2D eigenvalue weighted by Crippen LogP contribution is -2.32. The van der Waals surface area contributed by atoms with Gasteiger partial charge in [-0.25, -0.2) is 0 Å². The Kier molecular flexibility index (Phi) is 3.55. The van der Waals surface area contributed by atoms with Crippen molar-refractivity contribution in [2.24, 2.45) is 16.7 Å². The highest BCUT2D eigenvalue weighted by atomic mass is 14.9. The van der Waals surface area contributed by atoms with E-state index in [0.717, 1.165) is 12.3 Å². The quantitative estimate of drug-likeness (QED) is 0.858. The fraction of sp³-hybridized carbons (Fsp3) is 0.667. The van der Waals surface area contributed by atoms with Crippen LogP contribution in [0.3, 0.4) is 0 Å². The number of hydrogen-bond donors (Lipinski definition) is 1. The highest BCUT2D eigenvalue weighted by Crippen LogP contribution is 2.69. The number of likely N-dealkylation sites (N-methyl/N-ethyl adjacent to an activating group) is 1. The third-order valence-corrected chi connectivity index (χ3v) is 5.93. The van der Waals surface area contributed by atoms with E-state index in [0.29, 0.717) is 16.9 Å². The minimum absolute atomic E-state index is 0.445. The Labute approximate surface area is 118 Å². The standard InChI is InChI=1S/C18H29N/c1-12-8-9-14(10-13(12)2)11-15(19-7)16-17(3,4)18(16,5)6/h8-10,15-16,19H,11H2,1-7H3. The van der Waals surface area contributed by atoms with E-state index in [4.69, 9.17) is 0 Å². The molecule has 106 valence electrons. The van der Waals surface area contributed by atoms with E-state index >= 15 is 0 Å². The lowest BCUT2D eigenvalue weighted by Gasteiger charge is -2.19. The molecule has 0 bridgehead atoms. The van der Waals surface area contributed by atoms with Gasteiger partial charge in [-0.2, -0.15) is 0 Å². The molecule has 2 rings (SSSR count). The zero-order chi connectivity index (χ0) is 14.4. The van der Waals surface area contributed by atoms with Gasteiger partial charge in [-0.1, -0.05) is 45.9 Å². The van der Waals surface area contributed by atoms with Crippen LogP contribution in [0.5, 0.6) is 0 Å². The molecule has 1 aliphatic carbocycles. The van der Waals surface area contributed by atoms with E-state index < -0.39 is 0 Å². The molecule has 0 heterocycles. The summed E-state index contributed by atoms with van der Waals surface area (Å²) in [6.45, 7) is 14.0. The number of benzene rings is 1. The predicted octanol–water partition coefficient (Wildman–Crippen LogP) is 4.12. The molecule has 1 aromatic carbocycles. The second-order valence-electron chi connectivity index (χ2n) is 7.44. The van der Waals surface area contributed by atoms with Crippen molar-refractivity contribution in [1.82, 2.24) is 5.32 Å². The van der Waals surface area contributed by atoms with Gasteiger partial charge in [0.25, 0.3) is 0 Å². The van der Waals surface area contributed by atoms with Gasteiger partial charge >= 0.3 is 0 Å². The van der Waals surface area contributed by atoms with Gasteiger partial charge in [0.2, 0.25) is 0 Å². The van der Waals surface area contributed by atoms with Crippen molar-refractivity contribution in [3.05, 3.63) is 34.9 Å². The summed E-state index contributed by atoms with van der Waals surface area (Å²) in [4.78, 5) is 0. The van der Waals surface area contributed by atoms with Gasteiger partial charge in [-0.05, 0) is 60.8 Å². The molecule has 1 fully saturated rings. The highest BCUT2D eigenvalue weighted by Gasteiger charge is 2.66. The number of rotatable bonds is 4. The van der Waals surface area contributed by atoms with E-state index in [1.807, 2.05) is 0 Å². The molecule has 1 saturated carbocycles. The summed E-state index contributed by atoms with van der Waals surface area (Å²) in [5.74, 6) is 0.756. The van der Waals surface area contributed by atoms with Crippen molar-refractivity contribution in [3.8, 4) is 0 Å². The lowest BCUT2D eigenvalue weighted by molar-refractivity contribution is 0.421. The van der Waals surface area contributed by atoms with Crippen LogP contribution in [0.2, 0.25) is 0 Å². The Morgan fingerprint density at radius 1 is 1.05 bits per heavy atom. The van der Waals surface area contributed by atoms with E-state index in [1.54, 1.807) is 0 Å². The van der Waals surface area contributed by atoms with Gasteiger partial charge in [0.1, 0.15) is 0 Å². The SMILES string of the molecule is CNC(Cc1ccc(C)c(C)c1)C1C(C)(C)C1(C)C. The first kappa shape index (κ1) is 14.6. The molecule has 19 heavy (non-hydrogen) atoms. The van der Waals surface area contributed by atoms with Crippen LogP contribution in [0.4, 0.5) is 0 Å². The average molecular weight is 259 g/mol. The van der Waals surface area contributed by atoms with Crippen LogP contribution in [0.25, 0.3) is 0 Å². The van der Waals surface area contributed by atoms with Crippen molar-refractivity contribution >= 4 is 0 Å². The lowest BCUT2D eigenvalue weighted by atomic mass is 9.95. The molecule has 0 amide bonds. The number of aryl methyl sites for hydroxylation is 2. The van der Waals surface area contributed by atoms with Crippen molar-refractivity contribution in [2.75, 3.05) is 7.05 Å². The summed E-state index contributed by atoms with van der Waals surface area (Å²) in [5, 5.41) is 3.56. The van der Waals surface area contributed by atoms with E-state index in [9.17, 15) is 0 Å². The maximum absolute atomic E-state index is 3.56. The molecule has 0 aromatic heterocycles. The van der Waals surface area contributed by atoms with Gasteiger partial charge in [0, 0.05) is 6.04 Å². The zero-order valence-electron chi connectivity index (χ0n) is 13.6. The van der Waals surface area contributed by atoms with Gasteiger partial charge in [-0.3, -0.25) is 0 Å². The van der Waals surface area contributed by atoms with Gasteiger partial charge < -0.3 is 5.32 Å². The molecule has 1 aliphatic rings. The summed E-state index contributed by atoms with van der Waals surface area (Å²) < 4.78 is 0. The summed E-state index contributed by atoms with van der Waals surface area (Å²) >= 11 is 0. The van der Waals surface area contributed by atoms with Crippen LogP contribution in [0, 0.1) is 30.6 Å². The highest BCUT2D eigenvalue weighted by molar-refractivity contribution is 5.31. The van der Waals surface area contributed by atoms with Crippen molar-refractivity contribution in [3.63, 3.8) is 0 Å². The van der Waals surface area contributed by atoms with Gasteiger partial charge in [0.05, 0.1) is 0 Å². The summed E-state index contributed by atoms with van der Waals surface area (Å²) in [5.41, 5.74) is 5.14. The molecule has 0 radical (unpaired) electrons. The Bertz CT molecular complexity index is 457. The van der Waals surface area contributed by atoms with Crippen LogP contribution in [-0.4, -0.2) is 13.1 Å². The number of nitrogens with one attached hydrogen (secondary N) is 1. The Morgan fingerprint density at radius 2 is 1.63 bits per heavy atom. The zero-order valence-corrected chi connectivity index (χ0v) is 13.6. The summed E-state index contributed by atoms with van der Waals surface area (Å²) in [6.07, 6.45) is 1.13. The predicted molar refractivity (Wildman–Crippen MR) is 83.5 cm³/mol. The van der Waals surface area contributed by atoms with Gasteiger partial charge in [0.15, 0.2) is 0 Å². The third kappa shape index (κ3) is 2.33. The molecule has 1 nitrogen and oxygen atoms in total. The average Bonchev–Trinajstić information content (AvgIpc) is 2.72. The maximum Gasteiger partial charge on any atom is 0.0143 e. The van der Waals surface area contributed by atoms with E-state index in [-0.39, 0.29) is 0 Å². The van der Waals surface area contributed by atoms with E-state index in [1.165, 1.54) is 16.7 Å². The van der Waals surface area contributed by atoms with Crippen LogP contribution >= 0.6 is 0 Å². The van der Waals surface area contributed by atoms with Crippen LogP contribution in [0.1, 0.15) is 44.4 Å². The van der Waals surface area contributed by atoms with Crippen molar-refractivity contribution in [1.29, 1.82) is 0 Å². The maximum atomic E-state index is 3.56. The molecule has 0 saturated heterocycles. The smallest absolute Gasteiger partial charge is 0.0143 e. The van der Waals surface area contributed by atoms with Crippen molar-refractivity contribution < 1.29 is 0 Å². The molecule has 1 aromatic rings.